The predicted octanol–water partition coefficient (Wildman–Crippen LogP) is -5.46. The fourth-order valence-corrected chi connectivity index (χ4v) is 2.65. The SMILES string of the molecule is NC1C(OC2C(CO)OC(O)C(N)C2O)OC(CO)C(O)C1O. The molecule has 0 aromatic rings. The fraction of sp³-hybridized carbons (Fsp3) is 1.00. The summed E-state index contributed by atoms with van der Waals surface area (Å²) >= 11 is 0. The third kappa shape index (κ3) is 3.65. The molecule has 0 aromatic carbocycles. The molecule has 0 spiro atoms. The molecule has 10 atom stereocenters. The van der Waals surface area contributed by atoms with E-state index in [0.29, 0.717) is 0 Å². The van der Waals surface area contributed by atoms with Crippen LogP contribution in [-0.2, 0) is 14.2 Å². The molecule has 0 bridgehead atoms. The number of hydrogen-bond acceptors (Lipinski definition) is 11. The lowest BCUT2D eigenvalue weighted by atomic mass is 9.95. The minimum atomic E-state index is -1.49. The number of rotatable bonds is 4. The highest BCUT2D eigenvalue weighted by Crippen LogP contribution is 2.27. The van der Waals surface area contributed by atoms with Crippen LogP contribution in [0.1, 0.15) is 0 Å². The van der Waals surface area contributed by atoms with Crippen molar-refractivity contribution >= 4 is 0 Å². The molecule has 0 amide bonds. The third-order valence-electron chi connectivity index (χ3n) is 4.14. The first-order valence-corrected chi connectivity index (χ1v) is 7.23. The Bertz CT molecular complexity index is 386. The molecule has 0 saturated carbocycles. The Morgan fingerprint density at radius 2 is 1.39 bits per heavy atom. The van der Waals surface area contributed by atoms with E-state index in [1.807, 2.05) is 0 Å². The standard InChI is InChI=1S/C12H24N2O9/c13-5-9(19)10(4(2-16)21-11(5)20)23-12-6(14)8(18)7(17)3(1-15)22-12/h3-12,15-20H,1-2,13-14H2. The number of hydrogen-bond donors (Lipinski definition) is 8. The summed E-state index contributed by atoms with van der Waals surface area (Å²) in [5.41, 5.74) is 11.3. The van der Waals surface area contributed by atoms with Crippen LogP contribution < -0.4 is 11.5 Å². The Morgan fingerprint density at radius 1 is 0.783 bits per heavy atom. The molecule has 2 fully saturated rings. The van der Waals surface area contributed by atoms with Gasteiger partial charge in [-0.3, -0.25) is 0 Å². The van der Waals surface area contributed by atoms with Crippen LogP contribution in [-0.4, -0.2) is 105 Å². The average molecular weight is 340 g/mol. The monoisotopic (exact) mass is 340 g/mol. The maximum atomic E-state index is 10.1. The number of nitrogens with two attached hydrogens (primary N) is 2. The number of aliphatic hydroxyl groups is 6. The number of aliphatic hydroxyl groups excluding tert-OH is 6. The van der Waals surface area contributed by atoms with E-state index in [1.165, 1.54) is 0 Å². The lowest BCUT2D eigenvalue weighted by Gasteiger charge is -2.45. The zero-order valence-corrected chi connectivity index (χ0v) is 12.3. The van der Waals surface area contributed by atoms with Gasteiger partial charge in [0.1, 0.15) is 36.6 Å². The van der Waals surface area contributed by atoms with Gasteiger partial charge in [0.05, 0.1) is 25.3 Å². The summed E-state index contributed by atoms with van der Waals surface area (Å²) in [5.74, 6) is 0. The van der Waals surface area contributed by atoms with Gasteiger partial charge in [-0.2, -0.15) is 0 Å². The minimum Gasteiger partial charge on any atom is -0.394 e. The highest BCUT2D eigenvalue weighted by atomic mass is 16.7. The van der Waals surface area contributed by atoms with Crippen molar-refractivity contribution < 1.29 is 44.8 Å². The molecule has 2 saturated heterocycles. The van der Waals surface area contributed by atoms with E-state index in [9.17, 15) is 25.5 Å². The van der Waals surface area contributed by atoms with Gasteiger partial charge in [0.15, 0.2) is 12.6 Å². The van der Waals surface area contributed by atoms with E-state index in [1.54, 1.807) is 0 Å². The molecule has 0 aromatic heterocycles. The molecule has 23 heavy (non-hydrogen) atoms. The Hall–Kier alpha value is -0.440. The molecule has 136 valence electrons. The second-order valence-corrected chi connectivity index (χ2v) is 5.70. The molecule has 2 heterocycles. The molecule has 11 heteroatoms. The van der Waals surface area contributed by atoms with Crippen LogP contribution in [0.25, 0.3) is 0 Å². The summed E-state index contributed by atoms with van der Waals surface area (Å²) in [7, 11) is 0. The van der Waals surface area contributed by atoms with Crippen molar-refractivity contribution in [2.45, 2.75) is 61.3 Å². The van der Waals surface area contributed by atoms with Gasteiger partial charge < -0.3 is 56.3 Å². The molecular weight excluding hydrogens is 316 g/mol. The van der Waals surface area contributed by atoms with Crippen LogP contribution in [0.5, 0.6) is 0 Å². The van der Waals surface area contributed by atoms with Gasteiger partial charge in [-0.05, 0) is 0 Å². The van der Waals surface area contributed by atoms with Crippen molar-refractivity contribution in [1.82, 2.24) is 0 Å². The van der Waals surface area contributed by atoms with Crippen LogP contribution in [0.4, 0.5) is 0 Å². The van der Waals surface area contributed by atoms with Crippen LogP contribution in [0.2, 0.25) is 0 Å². The summed E-state index contributed by atoms with van der Waals surface area (Å²) in [6.07, 6.45) is -10.5. The van der Waals surface area contributed by atoms with Gasteiger partial charge >= 0.3 is 0 Å². The first-order valence-electron chi connectivity index (χ1n) is 7.23. The summed E-state index contributed by atoms with van der Waals surface area (Å²) in [4.78, 5) is 0. The topological polar surface area (TPSA) is 201 Å². The van der Waals surface area contributed by atoms with Crippen molar-refractivity contribution in [2.75, 3.05) is 13.2 Å². The second kappa shape index (κ2) is 7.63. The highest BCUT2D eigenvalue weighted by Gasteiger charge is 2.49. The van der Waals surface area contributed by atoms with Gasteiger partial charge in [0.25, 0.3) is 0 Å². The van der Waals surface area contributed by atoms with Crippen LogP contribution >= 0.6 is 0 Å². The highest BCUT2D eigenvalue weighted by molar-refractivity contribution is 4.95. The molecule has 10 N–H and O–H groups in total. The number of ether oxygens (including phenoxy) is 3. The summed E-state index contributed by atoms with van der Waals surface area (Å²) in [5, 5.41) is 57.7. The van der Waals surface area contributed by atoms with E-state index in [0.717, 1.165) is 0 Å². The first-order chi connectivity index (χ1) is 10.8. The van der Waals surface area contributed by atoms with Crippen molar-refractivity contribution in [3.05, 3.63) is 0 Å². The second-order valence-electron chi connectivity index (χ2n) is 5.70. The lowest BCUT2D eigenvalue weighted by Crippen LogP contribution is -2.67. The van der Waals surface area contributed by atoms with Crippen molar-refractivity contribution in [2.24, 2.45) is 11.5 Å². The fourth-order valence-electron chi connectivity index (χ4n) is 2.65. The maximum absolute atomic E-state index is 10.1. The third-order valence-corrected chi connectivity index (χ3v) is 4.14. The smallest absolute Gasteiger partial charge is 0.176 e. The Labute approximate surface area is 132 Å². The van der Waals surface area contributed by atoms with Crippen molar-refractivity contribution in [1.29, 1.82) is 0 Å². The minimum absolute atomic E-state index is 0.581. The summed E-state index contributed by atoms with van der Waals surface area (Å²) in [6, 6.07) is -2.37. The van der Waals surface area contributed by atoms with E-state index >= 15 is 0 Å². The van der Waals surface area contributed by atoms with Crippen molar-refractivity contribution in [3.63, 3.8) is 0 Å². The van der Waals surface area contributed by atoms with E-state index in [2.05, 4.69) is 0 Å². The molecule has 2 aliphatic heterocycles. The van der Waals surface area contributed by atoms with Gasteiger partial charge in [0.2, 0.25) is 0 Å². The Morgan fingerprint density at radius 3 is 1.96 bits per heavy atom. The molecule has 10 unspecified atom stereocenters. The van der Waals surface area contributed by atoms with E-state index < -0.39 is 74.5 Å². The molecular formula is C12H24N2O9. The molecule has 11 nitrogen and oxygen atoms in total. The average Bonchev–Trinajstić information content (AvgIpc) is 2.55. The van der Waals surface area contributed by atoms with Gasteiger partial charge in [0, 0.05) is 0 Å². The molecule has 0 aliphatic carbocycles. The summed E-state index contributed by atoms with van der Waals surface area (Å²) in [6.45, 7) is -1.17. The van der Waals surface area contributed by atoms with Gasteiger partial charge in [-0.1, -0.05) is 0 Å². The van der Waals surface area contributed by atoms with Gasteiger partial charge in [-0.15, -0.1) is 0 Å². The molecule has 2 rings (SSSR count). The normalized spacial score (nSPS) is 51.7. The Balaban J connectivity index is 2.11. The van der Waals surface area contributed by atoms with Crippen LogP contribution in [0.15, 0.2) is 0 Å². The Kier molecular flexibility index (Phi) is 6.27. The predicted molar refractivity (Wildman–Crippen MR) is 72.6 cm³/mol. The zero-order chi connectivity index (χ0) is 17.3. The van der Waals surface area contributed by atoms with E-state index in [4.69, 9.17) is 30.8 Å². The molecule has 0 radical (unpaired) electrons. The van der Waals surface area contributed by atoms with Gasteiger partial charge in [-0.25, -0.2) is 0 Å². The molecule has 2 aliphatic rings. The van der Waals surface area contributed by atoms with Crippen LogP contribution in [0, 0.1) is 0 Å². The summed E-state index contributed by atoms with van der Waals surface area (Å²) < 4.78 is 15.8. The van der Waals surface area contributed by atoms with Crippen molar-refractivity contribution in [3.8, 4) is 0 Å². The zero-order valence-electron chi connectivity index (χ0n) is 12.3. The largest absolute Gasteiger partial charge is 0.394 e. The maximum Gasteiger partial charge on any atom is 0.176 e. The first kappa shape index (κ1) is 18.9. The van der Waals surface area contributed by atoms with Crippen LogP contribution in [0.3, 0.4) is 0 Å². The quantitative estimate of drug-likeness (QED) is 0.242. The van der Waals surface area contributed by atoms with E-state index in [-0.39, 0.29) is 0 Å². The lowest BCUT2D eigenvalue weighted by molar-refractivity contribution is -0.324.